The molecule has 0 N–H and O–H groups in total. The summed E-state index contributed by atoms with van der Waals surface area (Å²) in [7, 11) is 3.78. The molecule has 1 aromatic rings. The second-order valence-electron chi connectivity index (χ2n) is 2.91. The predicted octanol–water partition coefficient (Wildman–Crippen LogP) is 1.79. The number of aryl methyl sites for hydroxylation is 1. The lowest BCUT2D eigenvalue weighted by atomic mass is 10.2. The van der Waals surface area contributed by atoms with Crippen molar-refractivity contribution < 1.29 is 4.74 Å². The highest BCUT2D eigenvalue weighted by Gasteiger charge is 2.04. The van der Waals surface area contributed by atoms with Crippen molar-refractivity contribution >= 4 is 0 Å². The average molecular weight is 153 g/mol. The molecular formula is C9H15NO. The van der Waals surface area contributed by atoms with Crippen molar-refractivity contribution in [3.8, 4) is 0 Å². The summed E-state index contributed by atoms with van der Waals surface area (Å²) in [5.74, 6) is 0. The Morgan fingerprint density at radius 3 is 2.45 bits per heavy atom. The Morgan fingerprint density at radius 1 is 1.45 bits per heavy atom. The van der Waals surface area contributed by atoms with E-state index >= 15 is 0 Å². The second kappa shape index (κ2) is 3.09. The minimum atomic E-state index is 0.716. The van der Waals surface area contributed by atoms with Crippen LogP contribution in [0, 0.1) is 13.8 Å². The number of nitrogens with zero attached hydrogens (tertiary/aromatic N) is 1. The van der Waals surface area contributed by atoms with Gasteiger partial charge in [0.15, 0.2) is 0 Å². The fraction of sp³-hybridized carbons (Fsp3) is 0.556. The van der Waals surface area contributed by atoms with Crippen molar-refractivity contribution in [3.63, 3.8) is 0 Å². The third kappa shape index (κ3) is 1.46. The summed E-state index contributed by atoms with van der Waals surface area (Å²) in [6, 6.07) is 0. The zero-order chi connectivity index (χ0) is 8.43. The highest BCUT2D eigenvalue weighted by atomic mass is 16.5. The molecule has 0 spiro atoms. The van der Waals surface area contributed by atoms with Crippen molar-refractivity contribution in [1.29, 1.82) is 0 Å². The molecule has 0 atom stereocenters. The molecule has 62 valence electrons. The van der Waals surface area contributed by atoms with E-state index in [9.17, 15) is 0 Å². The molecule has 1 aromatic heterocycles. The van der Waals surface area contributed by atoms with Crippen molar-refractivity contribution in [2.75, 3.05) is 7.11 Å². The Hall–Kier alpha value is -0.760. The van der Waals surface area contributed by atoms with E-state index in [1.54, 1.807) is 7.11 Å². The molecule has 0 aliphatic rings. The molecule has 0 aliphatic heterocycles. The van der Waals surface area contributed by atoms with E-state index in [4.69, 9.17) is 4.74 Å². The summed E-state index contributed by atoms with van der Waals surface area (Å²) >= 11 is 0. The molecule has 1 heterocycles. The van der Waals surface area contributed by atoms with Gasteiger partial charge in [0.05, 0.1) is 6.61 Å². The van der Waals surface area contributed by atoms with Crippen LogP contribution in [0.2, 0.25) is 0 Å². The van der Waals surface area contributed by atoms with Gasteiger partial charge in [0.25, 0.3) is 0 Å². The van der Waals surface area contributed by atoms with E-state index in [0.29, 0.717) is 6.61 Å². The largest absolute Gasteiger partial charge is 0.380 e. The zero-order valence-electron chi connectivity index (χ0n) is 7.64. The van der Waals surface area contributed by atoms with Gasteiger partial charge in [0, 0.05) is 26.0 Å². The van der Waals surface area contributed by atoms with Gasteiger partial charge in [-0.05, 0) is 25.0 Å². The molecule has 1 rings (SSSR count). The Morgan fingerprint density at radius 2 is 2.09 bits per heavy atom. The third-order valence-corrected chi connectivity index (χ3v) is 2.20. The molecule has 2 heteroatoms. The Balaban J connectivity index is 2.98. The molecule has 0 fully saturated rings. The van der Waals surface area contributed by atoms with Crippen LogP contribution in [0.25, 0.3) is 0 Å². The molecule has 11 heavy (non-hydrogen) atoms. The molecule has 0 radical (unpaired) electrons. The van der Waals surface area contributed by atoms with Gasteiger partial charge in [0.2, 0.25) is 0 Å². The average Bonchev–Trinajstić information content (AvgIpc) is 2.19. The van der Waals surface area contributed by atoms with E-state index in [-0.39, 0.29) is 0 Å². The van der Waals surface area contributed by atoms with Gasteiger partial charge in [0.1, 0.15) is 0 Å². The van der Waals surface area contributed by atoms with E-state index in [1.165, 1.54) is 16.8 Å². The van der Waals surface area contributed by atoms with E-state index in [0.717, 1.165) is 0 Å². The summed E-state index contributed by atoms with van der Waals surface area (Å²) in [5.41, 5.74) is 3.94. The number of hydrogen-bond donors (Lipinski definition) is 0. The Kier molecular flexibility index (Phi) is 2.35. The molecule has 0 bridgehead atoms. The minimum Gasteiger partial charge on any atom is -0.380 e. The fourth-order valence-electron chi connectivity index (χ4n) is 1.23. The summed E-state index contributed by atoms with van der Waals surface area (Å²) in [4.78, 5) is 0. The van der Waals surface area contributed by atoms with Gasteiger partial charge >= 0.3 is 0 Å². The topological polar surface area (TPSA) is 14.2 Å². The van der Waals surface area contributed by atoms with Crippen LogP contribution in [-0.2, 0) is 18.4 Å². The van der Waals surface area contributed by atoms with Gasteiger partial charge in [-0.3, -0.25) is 0 Å². The first-order valence-electron chi connectivity index (χ1n) is 3.77. The summed E-state index contributed by atoms with van der Waals surface area (Å²) in [6.45, 7) is 4.96. The number of aromatic nitrogens is 1. The summed E-state index contributed by atoms with van der Waals surface area (Å²) in [5, 5.41) is 0. The SMILES string of the molecule is COCc1cn(C)c(C)c1C. The number of hydrogen-bond acceptors (Lipinski definition) is 1. The normalized spacial score (nSPS) is 10.5. The molecule has 0 saturated heterocycles. The molecule has 0 unspecified atom stereocenters. The molecule has 0 saturated carbocycles. The van der Waals surface area contributed by atoms with Crippen molar-refractivity contribution in [2.24, 2.45) is 7.05 Å². The summed E-state index contributed by atoms with van der Waals surface area (Å²) < 4.78 is 7.19. The number of methoxy groups -OCH3 is 1. The molecular weight excluding hydrogens is 138 g/mol. The van der Waals surface area contributed by atoms with Gasteiger partial charge < -0.3 is 9.30 Å². The van der Waals surface area contributed by atoms with Crippen molar-refractivity contribution in [3.05, 3.63) is 23.0 Å². The predicted molar refractivity (Wildman–Crippen MR) is 45.6 cm³/mol. The quantitative estimate of drug-likeness (QED) is 0.631. The van der Waals surface area contributed by atoms with Crippen molar-refractivity contribution in [1.82, 2.24) is 4.57 Å². The van der Waals surface area contributed by atoms with E-state index in [2.05, 4.69) is 31.7 Å². The first-order valence-corrected chi connectivity index (χ1v) is 3.77. The van der Waals surface area contributed by atoms with Crippen molar-refractivity contribution in [2.45, 2.75) is 20.5 Å². The van der Waals surface area contributed by atoms with Crippen LogP contribution < -0.4 is 0 Å². The lowest BCUT2D eigenvalue weighted by Crippen LogP contribution is -1.87. The standard InChI is InChI=1S/C9H15NO/c1-7-8(2)10(3)5-9(7)6-11-4/h5H,6H2,1-4H3. The van der Waals surface area contributed by atoms with Crippen LogP contribution in [-0.4, -0.2) is 11.7 Å². The monoisotopic (exact) mass is 153 g/mol. The van der Waals surface area contributed by atoms with Crippen LogP contribution in [0.3, 0.4) is 0 Å². The van der Waals surface area contributed by atoms with Crippen LogP contribution in [0.5, 0.6) is 0 Å². The lowest BCUT2D eigenvalue weighted by Gasteiger charge is -1.96. The van der Waals surface area contributed by atoms with Crippen LogP contribution >= 0.6 is 0 Å². The van der Waals surface area contributed by atoms with Gasteiger partial charge in [-0.25, -0.2) is 0 Å². The maximum Gasteiger partial charge on any atom is 0.0730 e. The first kappa shape index (κ1) is 8.34. The highest BCUT2D eigenvalue weighted by Crippen LogP contribution is 2.14. The van der Waals surface area contributed by atoms with Crippen LogP contribution in [0.15, 0.2) is 6.20 Å². The first-order chi connectivity index (χ1) is 5.16. The van der Waals surface area contributed by atoms with Gasteiger partial charge in [-0.2, -0.15) is 0 Å². The van der Waals surface area contributed by atoms with Crippen LogP contribution in [0.4, 0.5) is 0 Å². The second-order valence-corrected chi connectivity index (χ2v) is 2.91. The fourth-order valence-corrected chi connectivity index (χ4v) is 1.23. The third-order valence-electron chi connectivity index (χ3n) is 2.20. The van der Waals surface area contributed by atoms with Gasteiger partial charge in [-0.15, -0.1) is 0 Å². The summed E-state index contributed by atoms with van der Waals surface area (Å²) in [6.07, 6.45) is 2.12. The number of rotatable bonds is 2. The molecule has 0 amide bonds. The van der Waals surface area contributed by atoms with Gasteiger partial charge in [-0.1, -0.05) is 0 Å². The van der Waals surface area contributed by atoms with Crippen LogP contribution in [0.1, 0.15) is 16.8 Å². The minimum absolute atomic E-state index is 0.716. The smallest absolute Gasteiger partial charge is 0.0730 e. The highest BCUT2D eigenvalue weighted by molar-refractivity contribution is 5.29. The Bertz CT molecular complexity index is 250. The maximum atomic E-state index is 5.06. The molecule has 0 aromatic carbocycles. The lowest BCUT2D eigenvalue weighted by molar-refractivity contribution is 0.184. The molecule has 0 aliphatic carbocycles. The zero-order valence-corrected chi connectivity index (χ0v) is 7.64. The van der Waals surface area contributed by atoms with E-state index < -0.39 is 0 Å². The van der Waals surface area contributed by atoms with E-state index in [1.807, 2.05) is 0 Å². The Labute approximate surface area is 67.8 Å². The maximum absolute atomic E-state index is 5.06. The number of ether oxygens (including phenoxy) is 1. The molecule has 2 nitrogen and oxygen atoms in total.